The lowest BCUT2D eigenvalue weighted by Crippen LogP contribution is -1.99. The molecule has 0 aliphatic rings. The Kier molecular flexibility index (Phi) is 4.14. The van der Waals surface area contributed by atoms with Crippen LogP contribution in [0.4, 0.5) is 0 Å². The molecule has 0 saturated heterocycles. The van der Waals surface area contributed by atoms with Gasteiger partial charge >= 0.3 is 5.97 Å². The zero-order valence-electron chi connectivity index (χ0n) is 8.16. The summed E-state index contributed by atoms with van der Waals surface area (Å²) in [5.41, 5.74) is 0. The van der Waals surface area contributed by atoms with E-state index in [4.69, 9.17) is 0 Å². The minimum absolute atomic E-state index is 0.353. The Bertz CT molecular complexity index is 373. The smallest absolute Gasteiger partial charge is 0.384 e. The van der Waals surface area contributed by atoms with Crippen LogP contribution in [-0.2, 0) is 16.0 Å². The maximum atomic E-state index is 10.9. The molecule has 0 aromatic carbocycles. The molecule has 4 heteroatoms. The lowest BCUT2D eigenvalue weighted by molar-refractivity contribution is -0.136. The van der Waals surface area contributed by atoms with E-state index in [1.165, 1.54) is 11.3 Å². The molecule has 1 aromatic heterocycles. The largest absolute Gasteiger partial charge is 0.456 e. The molecule has 1 heterocycles. The average molecular weight is 209 g/mol. The summed E-state index contributed by atoms with van der Waals surface area (Å²) in [6.07, 6.45) is 2.72. The Balaban J connectivity index is 2.62. The van der Waals surface area contributed by atoms with Crippen LogP contribution in [-0.4, -0.2) is 17.6 Å². The third-order valence-corrected chi connectivity index (χ3v) is 2.51. The number of carbonyl (C=O) groups is 1. The van der Waals surface area contributed by atoms with Crippen LogP contribution in [0, 0.1) is 11.8 Å². The number of carbonyl (C=O) groups excluding carboxylic acids is 1. The summed E-state index contributed by atoms with van der Waals surface area (Å²) in [5.74, 6) is 4.54. The van der Waals surface area contributed by atoms with E-state index in [-0.39, 0.29) is 0 Å². The van der Waals surface area contributed by atoms with E-state index in [1.54, 1.807) is 13.1 Å². The zero-order chi connectivity index (χ0) is 10.4. The van der Waals surface area contributed by atoms with E-state index in [1.807, 2.05) is 0 Å². The van der Waals surface area contributed by atoms with Gasteiger partial charge in [0.05, 0.1) is 6.61 Å². The highest BCUT2D eigenvalue weighted by Crippen LogP contribution is 2.11. The van der Waals surface area contributed by atoms with E-state index in [0.29, 0.717) is 11.6 Å². The van der Waals surface area contributed by atoms with Crippen LogP contribution in [0.25, 0.3) is 0 Å². The summed E-state index contributed by atoms with van der Waals surface area (Å²) in [5, 5.41) is 0.662. The molecule has 0 atom stereocenters. The minimum Gasteiger partial charge on any atom is -0.456 e. The number of nitrogens with zero attached hydrogens (tertiary/aromatic N) is 1. The van der Waals surface area contributed by atoms with Crippen molar-refractivity contribution in [2.75, 3.05) is 6.61 Å². The number of aromatic nitrogens is 1. The van der Waals surface area contributed by atoms with E-state index < -0.39 is 5.97 Å². The van der Waals surface area contributed by atoms with Crippen molar-refractivity contribution >= 4 is 17.3 Å². The number of ether oxygens (including phenoxy) is 1. The van der Waals surface area contributed by atoms with Crippen LogP contribution < -0.4 is 0 Å². The molecule has 1 rings (SSSR count). The first-order valence-electron chi connectivity index (χ1n) is 4.39. The van der Waals surface area contributed by atoms with Gasteiger partial charge in [-0.2, -0.15) is 0 Å². The zero-order valence-corrected chi connectivity index (χ0v) is 8.98. The van der Waals surface area contributed by atoms with Gasteiger partial charge in [0.25, 0.3) is 0 Å². The standard InChI is InChI=1S/C10H11NO2S/c1-3-8-7-11-9(14-8)5-6-10(12)13-4-2/h7H,3-4H2,1-2H3. The van der Waals surface area contributed by atoms with Crippen LogP contribution in [0.3, 0.4) is 0 Å². The van der Waals surface area contributed by atoms with Crippen molar-refractivity contribution in [3.8, 4) is 11.8 Å². The second-order valence-corrected chi connectivity index (χ2v) is 3.57. The number of thiazole rings is 1. The van der Waals surface area contributed by atoms with Crippen molar-refractivity contribution < 1.29 is 9.53 Å². The summed E-state index contributed by atoms with van der Waals surface area (Å²) in [6, 6.07) is 0. The molecule has 74 valence electrons. The van der Waals surface area contributed by atoms with Gasteiger partial charge in [-0.15, -0.1) is 11.3 Å². The Morgan fingerprint density at radius 3 is 3.00 bits per heavy atom. The molecule has 0 bridgehead atoms. The number of rotatable bonds is 2. The van der Waals surface area contributed by atoms with Gasteiger partial charge in [0.2, 0.25) is 0 Å². The molecule has 0 radical (unpaired) electrons. The van der Waals surface area contributed by atoms with E-state index >= 15 is 0 Å². The highest BCUT2D eigenvalue weighted by atomic mass is 32.1. The van der Waals surface area contributed by atoms with Gasteiger partial charge in [0.1, 0.15) is 0 Å². The van der Waals surface area contributed by atoms with Crippen LogP contribution >= 0.6 is 11.3 Å². The van der Waals surface area contributed by atoms with Gasteiger partial charge in [-0.25, -0.2) is 9.78 Å². The molecule has 0 saturated carbocycles. The molecule has 3 nitrogen and oxygen atoms in total. The van der Waals surface area contributed by atoms with E-state index in [0.717, 1.165) is 11.3 Å². The predicted molar refractivity (Wildman–Crippen MR) is 55.0 cm³/mol. The quantitative estimate of drug-likeness (QED) is 0.549. The fraction of sp³-hybridized carbons (Fsp3) is 0.400. The Morgan fingerprint density at radius 1 is 1.64 bits per heavy atom. The summed E-state index contributed by atoms with van der Waals surface area (Å²) >= 11 is 1.50. The van der Waals surface area contributed by atoms with Crippen molar-refractivity contribution in [3.05, 3.63) is 16.1 Å². The maximum absolute atomic E-state index is 10.9. The molecule has 0 aliphatic carbocycles. The van der Waals surface area contributed by atoms with Crippen molar-refractivity contribution in [1.29, 1.82) is 0 Å². The van der Waals surface area contributed by atoms with Gasteiger partial charge in [-0.05, 0) is 19.3 Å². The van der Waals surface area contributed by atoms with Gasteiger partial charge in [0, 0.05) is 17.0 Å². The Labute approximate surface area is 87.1 Å². The molecule has 0 spiro atoms. The van der Waals surface area contributed by atoms with Crippen molar-refractivity contribution in [1.82, 2.24) is 4.98 Å². The van der Waals surface area contributed by atoms with E-state index in [2.05, 4.69) is 28.5 Å². The monoisotopic (exact) mass is 209 g/mol. The fourth-order valence-electron chi connectivity index (χ4n) is 0.800. The molecule has 1 aromatic rings. The van der Waals surface area contributed by atoms with Gasteiger partial charge in [0.15, 0.2) is 5.01 Å². The topological polar surface area (TPSA) is 39.2 Å². The second-order valence-electron chi connectivity index (χ2n) is 2.46. The normalized spacial score (nSPS) is 9.00. The molecule has 0 aliphatic heterocycles. The highest BCUT2D eigenvalue weighted by molar-refractivity contribution is 7.12. The van der Waals surface area contributed by atoms with Crippen LogP contribution in [0.5, 0.6) is 0 Å². The van der Waals surface area contributed by atoms with E-state index in [9.17, 15) is 4.79 Å². The molecular formula is C10H11NO2S. The third kappa shape index (κ3) is 3.19. The second kappa shape index (κ2) is 5.40. The summed E-state index contributed by atoms with van der Waals surface area (Å²) in [6.45, 7) is 4.15. The minimum atomic E-state index is -0.499. The van der Waals surface area contributed by atoms with Gasteiger partial charge in [-0.1, -0.05) is 6.92 Å². The number of aryl methyl sites for hydroxylation is 1. The van der Waals surface area contributed by atoms with Gasteiger partial charge < -0.3 is 4.74 Å². The van der Waals surface area contributed by atoms with Crippen molar-refractivity contribution in [3.63, 3.8) is 0 Å². The first-order valence-corrected chi connectivity index (χ1v) is 5.21. The molecule has 14 heavy (non-hydrogen) atoms. The lowest BCUT2D eigenvalue weighted by atomic mass is 10.4. The summed E-state index contributed by atoms with van der Waals surface area (Å²) < 4.78 is 4.66. The van der Waals surface area contributed by atoms with Gasteiger partial charge in [-0.3, -0.25) is 0 Å². The summed E-state index contributed by atoms with van der Waals surface area (Å²) in [7, 11) is 0. The predicted octanol–water partition coefficient (Wildman–Crippen LogP) is 1.62. The maximum Gasteiger partial charge on any atom is 0.384 e. The third-order valence-electron chi connectivity index (χ3n) is 1.45. The highest BCUT2D eigenvalue weighted by Gasteiger charge is 1.97. The van der Waals surface area contributed by atoms with Crippen LogP contribution in [0.1, 0.15) is 23.7 Å². The molecular weight excluding hydrogens is 198 g/mol. The molecule has 0 amide bonds. The molecule has 0 unspecified atom stereocenters. The number of esters is 1. The lowest BCUT2D eigenvalue weighted by Gasteiger charge is -1.89. The summed E-state index contributed by atoms with van der Waals surface area (Å²) in [4.78, 5) is 16.1. The first kappa shape index (κ1) is 10.7. The molecule has 0 fully saturated rings. The van der Waals surface area contributed by atoms with Crippen LogP contribution in [0.2, 0.25) is 0 Å². The van der Waals surface area contributed by atoms with Crippen LogP contribution in [0.15, 0.2) is 6.20 Å². The van der Waals surface area contributed by atoms with Crippen molar-refractivity contribution in [2.45, 2.75) is 20.3 Å². The average Bonchev–Trinajstić information content (AvgIpc) is 2.63. The SMILES string of the molecule is CCOC(=O)C#Cc1ncc(CC)s1. The van der Waals surface area contributed by atoms with Crippen molar-refractivity contribution in [2.24, 2.45) is 0 Å². The Hall–Kier alpha value is -1.34. The first-order chi connectivity index (χ1) is 6.76. The molecule has 0 N–H and O–H groups in total. The number of hydrogen-bond donors (Lipinski definition) is 0. The fourth-order valence-corrected chi connectivity index (χ4v) is 1.51. The Morgan fingerprint density at radius 2 is 2.43 bits per heavy atom. The number of hydrogen-bond acceptors (Lipinski definition) is 4.